The number of nitrogens with one attached hydrogen (secondary N) is 1. The van der Waals surface area contributed by atoms with Gasteiger partial charge in [0, 0.05) is 12.0 Å². The fraction of sp³-hybridized carbons (Fsp3) is 0.200. The van der Waals surface area contributed by atoms with Crippen LogP contribution in [0.4, 0.5) is 5.82 Å². The zero-order chi connectivity index (χ0) is 19.7. The van der Waals surface area contributed by atoms with Gasteiger partial charge in [-0.15, -0.1) is 26.9 Å². The number of carbonyl (C=O) groups excluding carboxylic acids is 1. The Morgan fingerprint density at radius 2 is 2.00 bits per heavy atom. The zero-order valence-corrected chi connectivity index (χ0v) is 15.8. The van der Waals surface area contributed by atoms with E-state index >= 15 is 0 Å². The molecule has 0 spiro atoms. The second-order valence-corrected chi connectivity index (χ2v) is 7.19. The van der Waals surface area contributed by atoms with Crippen LogP contribution in [0.15, 0.2) is 60.2 Å². The Balaban J connectivity index is 1.56. The summed E-state index contributed by atoms with van der Waals surface area (Å²) in [6.07, 6.45) is 5.92. The van der Waals surface area contributed by atoms with E-state index in [4.69, 9.17) is 11.6 Å². The SMILES string of the molecule is C[C@@H]1C=CC(C(=O)Nc2ccc3nnc(Cc4ccc(O)cc4)n3n2)=CC1Cl. The standard InChI is InChI=1S/C20H18ClN5O2/c1-12-2-5-14(11-16(12)21)20(28)22-17-8-9-18-23-24-19(26(18)25-17)10-13-3-6-15(27)7-4-13/h2-9,11-12,16,27H,10H2,1H3,(H,22,25,28)/t12-,16?/m1/s1. The van der Waals surface area contributed by atoms with E-state index in [1.54, 1.807) is 40.9 Å². The van der Waals surface area contributed by atoms with Crippen LogP contribution in [0.1, 0.15) is 18.3 Å². The highest BCUT2D eigenvalue weighted by Gasteiger charge is 2.18. The molecule has 142 valence electrons. The number of aromatic hydroxyl groups is 1. The summed E-state index contributed by atoms with van der Waals surface area (Å²) < 4.78 is 1.60. The highest BCUT2D eigenvalue weighted by Crippen LogP contribution is 2.22. The zero-order valence-electron chi connectivity index (χ0n) is 15.1. The number of alkyl halides is 1. The Kier molecular flexibility index (Phi) is 4.83. The molecule has 7 nitrogen and oxygen atoms in total. The molecule has 0 radical (unpaired) electrons. The fourth-order valence-electron chi connectivity index (χ4n) is 2.89. The third kappa shape index (κ3) is 3.75. The Hall–Kier alpha value is -3.19. The van der Waals surface area contributed by atoms with Gasteiger partial charge < -0.3 is 10.4 Å². The molecule has 1 unspecified atom stereocenters. The summed E-state index contributed by atoms with van der Waals surface area (Å²) in [5, 5.41) is 24.7. The van der Waals surface area contributed by atoms with Gasteiger partial charge in [0.05, 0.1) is 5.38 Å². The Bertz CT molecular complexity index is 1090. The van der Waals surface area contributed by atoms with E-state index in [0.29, 0.717) is 29.3 Å². The first-order valence-corrected chi connectivity index (χ1v) is 9.28. The number of hydrogen-bond donors (Lipinski definition) is 2. The minimum atomic E-state index is -0.270. The molecule has 2 N–H and O–H groups in total. The van der Waals surface area contributed by atoms with E-state index in [2.05, 4.69) is 20.6 Å². The average Bonchev–Trinajstić information content (AvgIpc) is 3.08. The van der Waals surface area contributed by atoms with E-state index in [1.165, 1.54) is 0 Å². The summed E-state index contributed by atoms with van der Waals surface area (Å²) in [4.78, 5) is 12.5. The molecule has 0 fully saturated rings. The van der Waals surface area contributed by atoms with Crippen molar-refractivity contribution in [2.45, 2.75) is 18.7 Å². The smallest absolute Gasteiger partial charge is 0.256 e. The molecule has 0 bridgehead atoms. The number of anilines is 1. The van der Waals surface area contributed by atoms with Gasteiger partial charge in [0.1, 0.15) is 5.75 Å². The number of aromatic nitrogens is 4. The van der Waals surface area contributed by atoms with Gasteiger partial charge in [0.15, 0.2) is 17.3 Å². The molecular formula is C20H18ClN5O2. The van der Waals surface area contributed by atoms with Crippen molar-refractivity contribution in [2.24, 2.45) is 5.92 Å². The number of carbonyl (C=O) groups is 1. The van der Waals surface area contributed by atoms with Crippen molar-refractivity contribution < 1.29 is 9.90 Å². The molecule has 2 atom stereocenters. The number of rotatable bonds is 4. The lowest BCUT2D eigenvalue weighted by molar-refractivity contribution is -0.112. The summed E-state index contributed by atoms with van der Waals surface area (Å²) in [6, 6.07) is 10.3. The van der Waals surface area contributed by atoms with Gasteiger partial charge in [0.25, 0.3) is 5.91 Å². The van der Waals surface area contributed by atoms with Crippen molar-refractivity contribution in [3.63, 3.8) is 0 Å². The van der Waals surface area contributed by atoms with E-state index in [9.17, 15) is 9.90 Å². The van der Waals surface area contributed by atoms with Crippen molar-refractivity contribution in [1.29, 1.82) is 0 Å². The van der Waals surface area contributed by atoms with Gasteiger partial charge in [-0.2, -0.15) is 4.52 Å². The molecule has 2 heterocycles. The largest absolute Gasteiger partial charge is 0.508 e. The third-order valence-corrected chi connectivity index (χ3v) is 5.07. The minimum Gasteiger partial charge on any atom is -0.508 e. The number of hydrogen-bond acceptors (Lipinski definition) is 5. The molecule has 1 aliphatic rings. The minimum absolute atomic E-state index is 0.187. The number of amides is 1. The van der Waals surface area contributed by atoms with E-state index in [1.807, 2.05) is 25.1 Å². The lowest BCUT2D eigenvalue weighted by Gasteiger charge is -2.16. The molecule has 0 aliphatic heterocycles. The number of fused-ring (bicyclic) bond motifs is 1. The summed E-state index contributed by atoms with van der Waals surface area (Å²) >= 11 is 6.22. The van der Waals surface area contributed by atoms with Crippen LogP contribution >= 0.6 is 11.6 Å². The fourth-order valence-corrected chi connectivity index (χ4v) is 3.11. The highest BCUT2D eigenvalue weighted by atomic mass is 35.5. The molecule has 1 amide bonds. The van der Waals surface area contributed by atoms with E-state index < -0.39 is 0 Å². The number of benzene rings is 1. The first kappa shape index (κ1) is 18.2. The van der Waals surface area contributed by atoms with Gasteiger partial charge in [-0.1, -0.05) is 37.3 Å². The van der Waals surface area contributed by atoms with Crippen molar-refractivity contribution >= 4 is 29.0 Å². The Morgan fingerprint density at radius 1 is 1.21 bits per heavy atom. The van der Waals surface area contributed by atoms with E-state index in [-0.39, 0.29) is 23.0 Å². The lowest BCUT2D eigenvalue weighted by atomic mass is 9.97. The molecule has 4 rings (SSSR count). The van der Waals surface area contributed by atoms with Gasteiger partial charge in [-0.25, -0.2) is 0 Å². The quantitative estimate of drug-likeness (QED) is 0.662. The van der Waals surface area contributed by atoms with Crippen LogP contribution in [-0.4, -0.2) is 36.2 Å². The predicted octanol–water partition coefficient (Wildman–Crippen LogP) is 3.10. The van der Waals surface area contributed by atoms with Crippen LogP contribution in [-0.2, 0) is 11.2 Å². The number of halogens is 1. The number of phenolic OH excluding ortho intramolecular Hbond substituents is 1. The molecule has 8 heteroatoms. The molecule has 28 heavy (non-hydrogen) atoms. The number of nitrogens with zero attached hydrogens (tertiary/aromatic N) is 4. The Labute approximate surface area is 166 Å². The predicted molar refractivity (Wildman–Crippen MR) is 106 cm³/mol. The van der Waals surface area contributed by atoms with Crippen molar-refractivity contribution in [3.8, 4) is 5.75 Å². The molecule has 1 aliphatic carbocycles. The van der Waals surface area contributed by atoms with Crippen LogP contribution in [0.25, 0.3) is 5.65 Å². The number of allylic oxidation sites excluding steroid dienone is 2. The summed E-state index contributed by atoms with van der Waals surface area (Å²) in [5.74, 6) is 1.14. The lowest BCUT2D eigenvalue weighted by Crippen LogP contribution is -2.20. The monoisotopic (exact) mass is 395 g/mol. The van der Waals surface area contributed by atoms with Crippen molar-refractivity contribution in [3.05, 3.63) is 71.6 Å². The first-order valence-electron chi connectivity index (χ1n) is 8.84. The van der Waals surface area contributed by atoms with Gasteiger partial charge >= 0.3 is 0 Å². The first-order chi connectivity index (χ1) is 13.5. The maximum Gasteiger partial charge on any atom is 0.256 e. The number of phenols is 1. The molecule has 0 saturated carbocycles. The van der Waals surface area contributed by atoms with Crippen LogP contribution in [0.2, 0.25) is 0 Å². The summed E-state index contributed by atoms with van der Waals surface area (Å²) in [6.45, 7) is 2.00. The molecule has 3 aromatic rings. The van der Waals surface area contributed by atoms with Crippen molar-refractivity contribution in [1.82, 2.24) is 19.8 Å². The highest BCUT2D eigenvalue weighted by molar-refractivity contribution is 6.23. The third-order valence-electron chi connectivity index (χ3n) is 4.55. The average molecular weight is 396 g/mol. The van der Waals surface area contributed by atoms with Crippen LogP contribution in [0.5, 0.6) is 5.75 Å². The van der Waals surface area contributed by atoms with E-state index in [0.717, 1.165) is 5.56 Å². The maximum absolute atomic E-state index is 12.5. The molecule has 2 aromatic heterocycles. The second kappa shape index (κ2) is 7.44. The van der Waals surface area contributed by atoms with Gasteiger partial charge in [0.2, 0.25) is 0 Å². The van der Waals surface area contributed by atoms with Crippen LogP contribution in [0.3, 0.4) is 0 Å². The topological polar surface area (TPSA) is 92.4 Å². The molecule has 0 saturated heterocycles. The molecule has 1 aromatic carbocycles. The molecular weight excluding hydrogens is 378 g/mol. The van der Waals surface area contributed by atoms with Gasteiger partial charge in [-0.3, -0.25) is 4.79 Å². The normalized spacial score (nSPS) is 18.9. The Morgan fingerprint density at radius 3 is 2.75 bits per heavy atom. The van der Waals surface area contributed by atoms with Crippen LogP contribution < -0.4 is 5.32 Å². The van der Waals surface area contributed by atoms with Gasteiger partial charge in [-0.05, 0) is 35.7 Å². The van der Waals surface area contributed by atoms with Crippen LogP contribution in [0, 0.1) is 5.92 Å². The van der Waals surface area contributed by atoms with Crippen molar-refractivity contribution in [2.75, 3.05) is 5.32 Å². The summed E-state index contributed by atoms with van der Waals surface area (Å²) in [7, 11) is 0. The summed E-state index contributed by atoms with van der Waals surface area (Å²) in [5.41, 5.74) is 2.05. The second-order valence-electron chi connectivity index (χ2n) is 6.69. The maximum atomic E-state index is 12.5.